The van der Waals surface area contributed by atoms with Gasteiger partial charge < -0.3 is 9.80 Å². The topological polar surface area (TPSA) is 6.48 Å². The summed E-state index contributed by atoms with van der Waals surface area (Å²) in [5.41, 5.74) is 18.6. The molecule has 4 heteroatoms. The van der Waals surface area contributed by atoms with Gasteiger partial charge in [-0.1, -0.05) is 267 Å². The van der Waals surface area contributed by atoms with Crippen LogP contribution in [0.25, 0.3) is 102 Å². The molecular formula is C84H62N2S2. The lowest BCUT2D eigenvalue weighted by atomic mass is 9.90. The van der Waals surface area contributed by atoms with Gasteiger partial charge in [-0.05, 0) is 175 Å². The fourth-order valence-electron chi connectivity index (χ4n) is 11.8. The normalized spacial score (nSPS) is 11.8. The Bertz CT molecular complexity index is 4680. The lowest BCUT2D eigenvalue weighted by Gasteiger charge is -2.25. The Morgan fingerprint density at radius 2 is 0.557 bits per heavy atom. The molecule has 14 rings (SSSR count). The molecule has 0 fully saturated rings. The number of rotatable bonds is 16. The van der Waals surface area contributed by atoms with E-state index in [2.05, 4.69) is 363 Å². The number of aryl methyl sites for hydroxylation is 2. The molecule has 0 saturated heterocycles. The quantitative estimate of drug-likeness (QED) is 0.0703. The molecule has 0 amide bonds. The minimum absolute atomic E-state index is 1.10. The van der Waals surface area contributed by atoms with E-state index in [0.29, 0.717) is 0 Å². The van der Waals surface area contributed by atoms with Crippen molar-refractivity contribution in [1.82, 2.24) is 0 Å². The van der Waals surface area contributed by atoms with Crippen LogP contribution in [0.3, 0.4) is 0 Å². The molecule has 0 radical (unpaired) electrons. The van der Waals surface area contributed by atoms with E-state index in [1.54, 1.807) is 0 Å². The molecule has 2 nitrogen and oxygen atoms in total. The molecule has 14 aromatic rings. The molecule has 0 bridgehead atoms. The van der Waals surface area contributed by atoms with Crippen LogP contribution >= 0.6 is 22.7 Å². The maximum absolute atomic E-state index is 2.47. The molecule has 0 N–H and O–H groups in total. The highest BCUT2D eigenvalue weighted by molar-refractivity contribution is 7.20. The highest BCUT2D eigenvalue weighted by Crippen LogP contribution is 2.51. The molecule has 0 saturated carbocycles. The van der Waals surface area contributed by atoms with Crippen LogP contribution in [-0.2, 0) is 0 Å². The summed E-state index contributed by atoms with van der Waals surface area (Å²) >= 11 is 3.72. The predicted octanol–water partition coefficient (Wildman–Crippen LogP) is 24.8. The third-order valence-corrected chi connectivity index (χ3v) is 18.8. The largest absolute Gasteiger partial charge is 0.302 e. The Kier molecular flexibility index (Phi) is 15.8. The van der Waals surface area contributed by atoms with Gasteiger partial charge in [-0.3, -0.25) is 0 Å². The first-order valence-electron chi connectivity index (χ1n) is 29.9. The minimum Gasteiger partial charge on any atom is -0.302 e. The zero-order valence-electron chi connectivity index (χ0n) is 49.0. The first-order chi connectivity index (χ1) is 43.4. The molecule has 0 aliphatic carbocycles. The van der Waals surface area contributed by atoms with Gasteiger partial charge in [0.2, 0.25) is 0 Å². The monoisotopic (exact) mass is 1160 g/mol. The van der Waals surface area contributed by atoms with Gasteiger partial charge in [-0.25, -0.2) is 0 Å². The number of thiophene rings is 2. The third-order valence-electron chi connectivity index (χ3n) is 16.3. The van der Waals surface area contributed by atoms with E-state index in [-0.39, 0.29) is 0 Å². The van der Waals surface area contributed by atoms with Crippen molar-refractivity contribution >= 4 is 136 Å². The van der Waals surface area contributed by atoms with E-state index in [0.717, 1.165) is 50.0 Å². The van der Waals surface area contributed by atoms with Gasteiger partial charge in [0.05, 0.1) is 0 Å². The third kappa shape index (κ3) is 11.9. The Hall–Kier alpha value is -10.6. The zero-order chi connectivity index (χ0) is 59.2. The maximum atomic E-state index is 2.47. The predicted molar refractivity (Wildman–Crippen MR) is 386 cm³/mol. The molecule has 420 valence electrons. The summed E-state index contributed by atoms with van der Waals surface area (Å²) in [6.45, 7) is 4.54. The van der Waals surface area contributed by atoms with E-state index in [9.17, 15) is 0 Å². The highest BCUT2D eigenvalue weighted by atomic mass is 32.1. The van der Waals surface area contributed by atoms with Gasteiger partial charge in [0, 0.05) is 43.6 Å². The molecule has 88 heavy (non-hydrogen) atoms. The summed E-state index contributed by atoms with van der Waals surface area (Å²) in [5.74, 6) is 0. The van der Waals surface area contributed by atoms with Gasteiger partial charge in [0.15, 0.2) is 0 Å². The molecule has 0 atom stereocenters. The van der Waals surface area contributed by atoms with Crippen LogP contribution in [0, 0.1) is 13.8 Å². The SMILES string of the molecule is Cc1cc(N(c2ccc(C=Cc3ccccc3)cc2)c2ccc(C=Cc3ccccc3)cc2)sc1-c1cc2c3ccccc3c(-c3cc(C)c(N(c4ccc(C=Cc5ccccc5)cc4)c4ccc(C=Cc5ccccc5)cc4)s3)cc2c2ccccc12. The van der Waals surface area contributed by atoms with Crippen molar-refractivity contribution < 1.29 is 0 Å². The van der Waals surface area contributed by atoms with Crippen LogP contribution in [-0.4, -0.2) is 0 Å². The highest BCUT2D eigenvalue weighted by Gasteiger charge is 2.23. The van der Waals surface area contributed by atoms with Crippen LogP contribution in [0.15, 0.2) is 291 Å². The van der Waals surface area contributed by atoms with Crippen LogP contribution in [0.5, 0.6) is 0 Å². The van der Waals surface area contributed by atoms with Crippen molar-refractivity contribution in [3.05, 3.63) is 347 Å². The Balaban J connectivity index is 0.846. The average molecular weight is 1160 g/mol. The lowest BCUT2D eigenvalue weighted by Crippen LogP contribution is -2.09. The van der Waals surface area contributed by atoms with Gasteiger partial charge in [-0.15, -0.1) is 22.7 Å². The van der Waals surface area contributed by atoms with Crippen molar-refractivity contribution in [1.29, 1.82) is 0 Å². The van der Waals surface area contributed by atoms with Crippen molar-refractivity contribution in [2.24, 2.45) is 0 Å². The van der Waals surface area contributed by atoms with Crippen molar-refractivity contribution in [3.8, 4) is 20.9 Å². The van der Waals surface area contributed by atoms with Crippen LogP contribution in [0.1, 0.15) is 55.6 Å². The fraction of sp³-hybridized carbons (Fsp3) is 0.0238. The second kappa shape index (κ2) is 25.1. The van der Waals surface area contributed by atoms with Crippen molar-refractivity contribution in [2.75, 3.05) is 9.80 Å². The number of fused-ring (bicyclic) bond motifs is 5. The summed E-state index contributed by atoms with van der Waals surface area (Å²) in [5, 5.41) is 9.78. The second-order valence-electron chi connectivity index (χ2n) is 22.2. The number of hydrogen-bond donors (Lipinski definition) is 0. The van der Waals surface area contributed by atoms with Crippen LogP contribution < -0.4 is 9.80 Å². The fourth-order valence-corrected chi connectivity index (χ4v) is 14.3. The zero-order valence-corrected chi connectivity index (χ0v) is 50.7. The molecule has 0 unspecified atom stereocenters. The Morgan fingerprint density at radius 1 is 0.250 bits per heavy atom. The Labute approximate surface area is 524 Å². The summed E-state index contributed by atoms with van der Waals surface area (Å²) in [7, 11) is 0. The van der Waals surface area contributed by atoms with E-state index in [1.807, 2.05) is 22.7 Å². The summed E-state index contributed by atoms with van der Waals surface area (Å²) in [6, 6.07) is 106. The molecule has 0 aliphatic rings. The maximum Gasteiger partial charge on any atom is 0.103 e. The minimum atomic E-state index is 1.10. The van der Waals surface area contributed by atoms with E-state index < -0.39 is 0 Å². The van der Waals surface area contributed by atoms with Gasteiger partial charge in [0.25, 0.3) is 0 Å². The van der Waals surface area contributed by atoms with Gasteiger partial charge in [0.1, 0.15) is 10.0 Å². The number of benzene rings is 12. The smallest absolute Gasteiger partial charge is 0.103 e. The Morgan fingerprint density at radius 3 is 0.932 bits per heavy atom. The standard InChI is InChI=1S/C84H62N2S2/c1-59-56-82(85(69-47-39-65(40-48-69)35-31-61-19-7-3-8-20-61)70-49-41-66(42-50-70)36-32-62-21-9-4-10-22-62)88-83(59)80-58-78-73-27-15-17-29-75(73)79(57-77(78)74-28-16-18-30-76(74)80)81-55-60(2)84(87-81)86(71-51-43-67(44-52-71)37-33-63-23-11-5-12-24-63)72-53-45-68(46-54-72)38-34-64-25-13-6-14-26-64/h3-58H,1-2H3. The molecule has 0 aliphatic heterocycles. The first-order valence-corrected chi connectivity index (χ1v) is 31.6. The summed E-state index contributed by atoms with van der Waals surface area (Å²) < 4.78 is 0. The van der Waals surface area contributed by atoms with Crippen molar-refractivity contribution in [2.45, 2.75) is 13.8 Å². The molecular weight excluding hydrogens is 1100 g/mol. The second-order valence-corrected chi connectivity index (χ2v) is 24.3. The van der Waals surface area contributed by atoms with Gasteiger partial charge in [-0.2, -0.15) is 0 Å². The number of nitrogens with zero attached hydrogens (tertiary/aromatic N) is 2. The van der Waals surface area contributed by atoms with Crippen molar-refractivity contribution in [3.63, 3.8) is 0 Å². The van der Waals surface area contributed by atoms with E-state index in [4.69, 9.17) is 0 Å². The molecule has 2 heterocycles. The summed E-state index contributed by atoms with van der Waals surface area (Å²) in [4.78, 5) is 7.34. The van der Waals surface area contributed by atoms with Gasteiger partial charge >= 0.3 is 0 Å². The number of anilines is 6. The van der Waals surface area contributed by atoms with E-state index in [1.165, 1.54) is 91.6 Å². The van der Waals surface area contributed by atoms with Crippen LogP contribution in [0.4, 0.5) is 32.8 Å². The summed E-state index contributed by atoms with van der Waals surface area (Å²) in [6.07, 6.45) is 17.5. The number of hydrogen-bond acceptors (Lipinski definition) is 4. The molecule has 2 aromatic heterocycles. The van der Waals surface area contributed by atoms with Crippen LogP contribution in [0.2, 0.25) is 0 Å². The lowest BCUT2D eigenvalue weighted by molar-refractivity contribution is 1.29. The average Bonchev–Trinajstić information content (AvgIpc) is 2.84. The molecule has 12 aromatic carbocycles. The molecule has 0 spiro atoms. The first kappa shape index (κ1) is 55.3. The van der Waals surface area contributed by atoms with E-state index >= 15 is 0 Å².